The van der Waals surface area contributed by atoms with Crippen LogP contribution in [0.4, 0.5) is 0 Å². The van der Waals surface area contributed by atoms with Gasteiger partial charge in [-0.1, -0.05) is 11.6 Å². The zero-order chi connectivity index (χ0) is 10.2. The Bertz CT molecular complexity index is 344. The fourth-order valence-electron chi connectivity index (χ4n) is 1.09. The van der Waals surface area contributed by atoms with Gasteiger partial charge in [0.15, 0.2) is 5.69 Å². The molecule has 0 aliphatic rings. The third kappa shape index (κ3) is 1.67. The van der Waals surface area contributed by atoms with Gasteiger partial charge in [0.1, 0.15) is 0 Å². The molecule has 0 bridgehead atoms. The van der Waals surface area contributed by atoms with Crippen LogP contribution in [-0.2, 0) is 0 Å². The molecule has 13 heavy (non-hydrogen) atoms. The van der Waals surface area contributed by atoms with Crippen LogP contribution in [0.3, 0.4) is 0 Å². The maximum Gasteiger partial charge on any atom is 0.355 e. The lowest BCUT2D eigenvalue weighted by Gasteiger charge is -2.07. The Balaban J connectivity index is 3.35. The molecule has 1 aromatic heterocycles. The minimum Gasteiger partial charge on any atom is -0.476 e. The van der Waals surface area contributed by atoms with Gasteiger partial charge in [-0.15, -0.1) is 0 Å². The zero-order valence-corrected chi connectivity index (χ0v) is 8.46. The summed E-state index contributed by atoms with van der Waals surface area (Å²) in [6, 6.07) is -0.00250. The van der Waals surface area contributed by atoms with Crippen molar-refractivity contribution in [1.29, 1.82) is 0 Å². The number of rotatable bonds is 2. The predicted molar refractivity (Wildman–Crippen MR) is 49.3 cm³/mol. The molecule has 0 amide bonds. The second-order valence-corrected chi connectivity index (χ2v) is 3.47. The smallest absolute Gasteiger partial charge is 0.355 e. The van der Waals surface area contributed by atoms with Crippen LogP contribution in [0, 0.1) is 6.92 Å². The molecular formula is C8H11ClN2O2. The van der Waals surface area contributed by atoms with Gasteiger partial charge in [-0.3, -0.25) is 4.68 Å². The Kier molecular flexibility index (Phi) is 2.61. The van der Waals surface area contributed by atoms with Gasteiger partial charge in [0, 0.05) is 6.04 Å². The normalized spacial score (nSPS) is 10.8. The van der Waals surface area contributed by atoms with E-state index < -0.39 is 5.97 Å². The number of aromatic nitrogens is 2. The van der Waals surface area contributed by atoms with E-state index >= 15 is 0 Å². The molecule has 72 valence electrons. The van der Waals surface area contributed by atoms with Crippen LogP contribution in [0.5, 0.6) is 0 Å². The van der Waals surface area contributed by atoms with Crippen LogP contribution in [0.25, 0.3) is 0 Å². The molecule has 0 aromatic carbocycles. The lowest BCUT2D eigenvalue weighted by Crippen LogP contribution is -2.12. The standard InChI is InChI=1S/C8H11ClN2O2/c1-4(2)11-7(8(12)13)6(9)5(3)10-11/h4H,1-3H3,(H,12,13). The summed E-state index contributed by atoms with van der Waals surface area (Å²) in [5.74, 6) is -1.04. The highest BCUT2D eigenvalue weighted by Crippen LogP contribution is 2.22. The van der Waals surface area contributed by atoms with E-state index in [0.29, 0.717) is 5.69 Å². The van der Waals surface area contributed by atoms with E-state index in [0.717, 1.165) is 0 Å². The number of carboxylic acids is 1. The van der Waals surface area contributed by atoms with Gasteiger partial charge in [0.25, 0.3) is 0 Å². The highest BCUT2D eigenvalue weighted by atomic mass is 35.5. The largest absolute Gasteiger partial charge is 0.476 e. The fourth-order valence-corrected chi connectivity index (χ4v) is 1.30. The first kappa shape index (κ1) is 10.1. The summed E-state index contributed by atoms with van der Waals surface area (Å²) in [6.07, 6.45) is 0. The summed E-state index contributed by atoms with van der Waals surface area (Å²) in [5, 5.41) is 13.1. The number of aromatic carboxylic acids is 1. The first-order valence-electron chi connectivity index (χ1n) is 3.93. The zero-order valence-electron chi connectivity index (χ0n) is 7.71. The van der Waals surface area contributed by atoms with Crippen molar-refractivity contribution in [3.05, 3.63) is 16.4 Å². The highest BCUT2D eigenvalue weighted by molar-refractivity contribution is 6.33. The molecule has 1 aromatic rings. The molecule has 0 atom stereocenters. The second-order valence-electron chi connectivity index (χ2n) is 3.09. The SMILES string of the molecule is Cc1nn(C(C)C)c(C(=O)O)c1Cl. The molecule has 0 saturated heterocycles. The second kappa shape index (κ2) is 3.38. The molecule has 0 radical (unpaired) electrons. The summed E-state index contributed by atoms with van der Waals surface area (Å²) in [4.78, 5) is 10.8. The average Bonchev–Trinajstić information content (AvgIpc) is 2.28. The van der Waals surface area contributed by atoms with Gasteiger partial charge in [0.2, 0.25) is 0 Å². The number of hydrogen-bond acceptors (Lipinski definition) is 2. The van der Waals surface area contributed by atoms with E-state index in [1.807, 2.05) is 13.8 Å². The number of carboxylic acid groups (broad SMARTS) is 1. The van der Waals surface area contributed by atoms with Crippen molar-refractivity contribution in [3.8, 4) is 0 Å². The molecule has 0 spiro atoms. The molecule has 0 unspecified atom stereocenters. The van der Waals surface area contributed by atoms with E-state index in [-0.39, 0.29) is 16.8 Å². The van der Waals surface area contributed by atoms with Gasteiger partial charge in [0.05, 0.1) is 10.7 Å². The Hall–Kier alpha value is -1.03. The molecule has 1 N–H and O–H groups in total. The molecule has 5 heteroatoms. The fraction of sp³-hybridized carbons (Fsp3) is 0.500. The molecule has 0 fully saturated rings. The van der Waals surface area contributed by atoms with Crippen LogP contribution in [-0.4, -0.2) is 20.9 Å². The van der Waals surface area contributed by atoms with Crippen molar-refractivity contribution in [3.63, 3.8) is 0 Å². The van der Waals surface area contributed by atoms with Crippen molar-refractivity contribution >= 4 is 17.6 Å². The van der Waals surface area contributed by atoms with Gasteiger partial charge in [-0.25, -0.2) is 4.79 Å². The van der Waals surface area contributed by atoms with Crippen molar-refractivity contribution < 1.29 is 9.90 Å². The number of aryl methyl sites for hydroxylation is 1. The Morgan fingerprint density at radius 1 is 1.62 bits per heavy atom. The van der Waals surface area contributed by atoms with Crippen molar-refractivity contribution in [2.24, 2.45) is 0 Å². The van der Waals surface area contributed by atoms with Crippen LogP contribution in [0.2, 0.25) is 5.02 Å². The Labute approximate surface area is 81.1 Å². The van der Waals surface area contributed by atoms with Crippen LogP contribution in [0.1, 0.15) is 36.1 Å². The first-order chi connectivity index (χ1) is 5.95. The molecule has 1 rings (SSSR count). The molecule has 4 nitrogen and oxygen atoms in total. The Morgan fingerprint density at radius 3 is 2.46 bits per heavy atom. The van der Waals surface area contributed by atoms with Crippen LogP contribution in [0.15, 0.2) is 0 Å². The predicted octanol–water partition coefficient (Wildman–Crippen LogP) is 2.12. The molecule has 0 aliphatic carbocycles. The lowest BCUT2D eigenvalue weighted by molar-refractivity contribution is 0.0681. The van der Waals surface area contributed by atoms with Gasteiger partial charge in [-0.05, 0) is 20.8 Å². The number of halogens is 1. The molecule has 1 heterocycles. The third-order valence-electron chi connectivity index (χ3n) is 1.70. The summed E-state index contributed by atoms with van der Waals surface area (Å²) in [5.41, 5.74) is 0.613. The summed E-state index contributed by atoms with van der Waals surface area (Å²) in [7, 11) is 0. The number of hydrogen-bond donors (Lipinski definition) is 1. The molecule has 0 aliphatic heterocycles. The van der Waals surface area contributed by atoms with Crippen LogP contribution < -0.4 is 0 Å². The van der Waals surface area contributed by atoms with E-state index in [9.17, 15) is 4.79 Å². The summed E-state index contributed by atoms with van der Waals surface area (Å²) >= 11 is 5.79. The van der Waals surface area contributed by atoms with E-state index in [1.165, 1.54) is 4.68 Å². The maximum absolute atomic E-state index is 10.8. The van der Waals surface area contributed by atoms with Gasteiger partial charge >= 0.3 is 5.97 Å². The third-order valence-corrected chi connectivity index (χ3v) is 2.16. The monoisotopic (exact) mass is 202 g/mol. The maximum atomic E-state index is 10.8. The minimum atomic E-state index is -1.04. The summed E-state index contributed by atoms with van der Waals surface area (Å²) in [6.45, 7) is 5.40. The van der Waals surface area contributed by atoms with E-state index in [1.54, 1.807) is 6.92 Å². The first-order valence-corrected chi connectivity index (χ1v) is 4.30. The summed E-state index contributed by atoms with van der Waals surface area (Å²) < 4.78 is 1.42. The number of carbonyl (C=O) groups is 1. The quantitative estimate of drug-likeness (QED) is 0.799. The molecular weight excluding hydrogens is 192 g/mol. The average molecular weight is 203 g/mol. The molecule has 0 saturated carbocycles. The number of nitrogens with zero attached hydrogens (tertiary/aromatic N) is 2. The highest BCUT2D eigenvalue weighted by Gasteiger charge is 2.20. The lowest BCUT2D eigenvalue weighted by atomic mass is 10.3. The van der Waals surface area contributed by atoms with E-state index in [4.69, 9.17) is 16.7 Å². The minimum absolute atomic E-state index is 0.00250. The Morgan fingerprint density at radius 2 is 2.15 bits per heavy atom. The van der Waals surface area contributed by atoms with Crippen molar-refractivity contribution in [2.45, 2.75) is 26.8 Å². The topological polar surface area (TPSA) is 55.1 Å². The van der Waals surface area contributed by atoms with Crippen molar-refractivity contribution in [2.75, 3.05) is 0 Å². The van der Waals surface area contributed by atoms with E-state index in [2.05, 4.69) is 5.10 Å². The van der Waals surface area contributed by atoms with Gasteiger partial charge in [-0.2, -0.15) is 5.10 Å². The van der Waals surface area contributed by atoms with Gasteiger partial charge < -0.3 is 5.11 Å². The van der Waals surface area contributed by atoms with Crippen LogP contribution >= 0.6 is 11.6 Å². The van der Waals surface area contributed by atoms with Crippen molar-refractivity contribution in [1.82, 2.24) is 9.78 Å².